The van der Waals surface area contributed by atoms with E-state index in [0.717, 1.165) is 57.2 Å². The van der Waals surface area contributed by atoms with Crippen LogP contribution < -0.4 is 0 Å². The standard InChI is InChI=1S/C26H34N2O4/c1-2-32-25(31)28-18-7-3-4-8-19(28)16-20(15-18)27-13-11-26(12-14-27)17-22(24(29)30)21-9-5-6-10-23(21)26/h5-6,9-10,17-20H,2-4,7-8,11-16H2,1H3,(H,29,30). The van der Waals surface area contributed by atoms with Crippen LogP contribution in [0.1, 0.15) is 69.4 Å². The number of rotatable bonds is 3. The zero-order valence-electron chi connectivity index (χ0n) is 19.0. The molecule has 1 spiro atoms. The molecule has 1 amide bonds. The van der Waals surface area contributed by atoms with E-state index >= 15 is 0 Å². The van der Waals surface area contributed by atoms with Crippen LogP contribution in [-0.2, 0) is 14.9 Å². The summed E-state index contributed by atoms with van der Waals surface area (Å²) in [6.07, 6.45) is 10.4. The molecule has 0 saturated carbocycles. The summed E-state index contributed by atoms with van der Waals surface area (Å²) in [6, 6.07) is 9.08. The molecular weight excluding hydrogens is 404 g/mol. The molecule has 3 fully saturated rings. The minimum Gasteiger partial charge on any atom is -0.478 e. The van der Waals surface area contributed by atoms with Crippen LogP contribution >= 0.6 is 0 Å². The lowest BCUT2D eigenvalue weighted by molar-refractivity contribution is -0.130. The predicted molar refractivity (Wildman–Crippen MR) is 122 cm³/mol. The van der Waals surface area contributed by atoms with Gasteiger partial charge in [-0.25, -0.2) is 9.59 Å². The van der Waals surface area contributed by atoms with Crippen molar-refractivity contribution in [2.45, 2.75) is 81.8 Å². The molecule has 1 aliphatic carbocycles. The SMILES string of the molecule is CCOC(=O)N1C2CCCCC1CC(N1CCC3(C=C(C(=O)O)c4ccccc43)CC1)C2. The number of allylic oxidation sites excluding steroid dienone is 1. The van der Waals surface area contributed by atoms with Crippen LogP contribution in [0.2, 0.25) is 0 Å². The fourth-order valence-electron chi connectivity index (χ4n) is 6.78. The summed E-state index contributed by atoms with van der Waals surface area (Å²) in [5.41, 5.74) is 2.38. The number of nitrogens with zero attached hydrogens (tertiary/aromatic N) is 2. The first-order chi connectivity index (χ1) is 15.5. The van der Waals surface area contributed by atoms with Gasteiger partial charge >= 0.3 is 12.1 Å². The van der Waals surface area contributed by atoms with Gasteiger partial charge in [-0.1, -0.05) is 43.2 Å². The fraction of sp³-hybridized carbons (Fsp3) is 0.615. The van der Waals surface area contributed by atoms with Crippen LogP contribution in [0, 0.1) is 0 Å². The first-order valence-electron chi connectivity index (χ1n) is 12.3. The van der Waals surface area contributed by atoms with Crippen LogP contribution in [0.3, 0.4) is 0 Å². The molecule has 2 bridgehead atoms. The Kier molecular flexibility index (Phi) is 5.74. The molecule has 0 radical (unpaired) electrons. The predicted octanol–water partition coefficient (Wildman–Crippen LogP) is 4.43. The summed E-state index contributed by atoms with van der Waals surface area (Å²) in [7, 11) is 0. The Balaban J connectivity index is 1.31. The number of hydrogen-bond donors (Lipinski definition) is 1. The molecule has 2 atom stereocenters. The van der Waals surface area contributed by atoms with Crippen LogP contribution in [0.5, 0.6) is 0 Å². The van der Waals surface area contributed by atoms with E-state index < -0.39 is 5.97 Å². The average Bonchev–Trinajstić information content (AvgIpc) is 3.04. The Bertz CT molecular complexity index is 902. The van der Waals surface area contributed by atoms with Crippen molar-refractivity contribution in [3.63, 3.8) is 0 Å². The number of benzene rings is 1. The molecule has 1 N–H and O–H groups in total. The van der Waals surface area contributed by atoms with Crippen LogP contribution in [0.25, 0.3) is 5.57 Å². The van der Waals surface area contributed by atoms with E-state index in [9.17, 15) is 14.7 Å². The summed E-state index contributed by atoms with van der Waals surface area (Å²) >= 11 is 0. The van der Waals surface area contributed by atoms with Crippen molar-refractivity contribution in [1.82, 2.24) is 9.80 Å². The van der Waals surface area contributed by atoms with E-state index in [1.165, 1.54) is 18.4 Å². The Morgan fingerprint density at radius 1 is 1.06 bits per heavy atom. The van der Waals surface area contributed by atoms with Crippen molar-refractivity contribution in [1.29, 1.82) is 0 Å². The highest BCUT2D eigenvalue weighted by Crippen LogP contribution is 2.48. The number of carbonyl (C=O) groups excluding carboxylic acids is 1. The number of aliphatic carboxylic acids is 1. The van der Waals surface area contributed by atoms with Gasteiger partial charge in [-0.05, 0) is 69.7 Å². The molecule has 2 unspecified atom stereocenters. The van der Waals surface area contributed by atoms with Gasteiger partial charge in [0, 0.05) is 23.5 Å². The summed E-state index contributed by atoms with van der Waals surface area (Å²) in [4.78, 5) is 29.2. The first-order valence-corrected chi connectivity index (χ1v) is 12.3. The van der Waals surface area contributed by atoms with E-state index in [2.05, 4.69) is 15.9 Å². The Morgan fingerprint density at radius 3 is 2.34 bits per heavy atom. The van der Waals surface area contributed by atoms with Gasteiger partial charge in [-0.3, -0.25) is 0 Å². The first kappa shape index (κ1) is 21.5. The van der Waals surface area contributed by atoms with Gasteiger partial charge in [0.15, 0.2) is 0 Å². The lowest BCUT2D eigenvalue weighted by Gasteiger charge is -2.49. The highest BCUT2D eigenvalue weighted by atomic mass is 16.6. The quantitative estimate of drug-likeness (QED) is 0.756. The number of carbonyl (C=O) groups is 2. The van der Waals surface area contributed by atoms with Gasteiger partial charge < -0.3 is 19.6 Å². The highest BCUT2D eigenvalue weighted by Gasteiger charge is 2.46. The van der Waals surface area contributed by atoms with Gasteiger partial charge in [-0.15, -0.1) is 0 Å². The second kappa shape index (κ2) is 8.54. The van der Waals surface area contributed by atoms with Crippen LogP contribution in [-0.4, -0.2) is 64.8 Å². The Morgan fingerprint density at radius 2 is 1.72 bits per heavy atom. The number of hydrogen-bond acceptors (Lipinski definition) is 4. The minimum absolute atomic E-state index is 0.130. The van der Waals surface area contributed by atoms with E-state index in [-0.39, 0.29) is 23.6 Å². The molecule has 6 heteroatoms. The number of amides is 1. The van der Waals surface area contributed by atoms with Crippen LogP contribution in [0.4, 0.5) is 4.79 Å². The third kappa shape index (κ3) is 3.62. The maximum absolute atomic E-state index is 12.7. The molecule has 1 aromatic carbocycles. The third-order valence-corrected chi connectivity index (χ3v) is 8.29. The maximum Gasteiger partial charge on any atom is 0.410 e. The monoisotopic (exact) mass is 438 g/mol. The molecule has 6 nitrogen and oxygen atoms in total. The molecule has 5 rings (SSSR count). The number of piperidine rings is 2. The number of fused-ring (bicyclic) bond motifs is 4. The highest BCUT2D eigenvalue weighted by molar-refractivity contribution is 6.17. The second-order valence-electron chi connectivity index (χ2n) is 9.92. The van der Waals surface area contributed by atoms with Gasteiger partial charge in [0.2, 0.25) is 0 Å². The van der Waals surface area contributed by atoms with Crippen molar-refractivity contribution in [2.24, 2.45) is 0 Å². The van der Waals surface area contributed by atoms with Gasteiger partial charge in [0.05, 0.1) is 12.2 Å². The van der Waals surface area contributed by atoms with Gasteiger partial charge in [0.25, 0.3) is 0 Å². The minimum atomic E-state index is -0.827. The largest absolute Gasteiger partial charge is 0.478 e. The molecule has 1 aromatic rings. The topological polar surface area (TPSA) is 70.1 Å². The fourth-order valence-corrected chi connectivity index (χ4v) is 6.78. The van der Waals surface area contributed by atoms with Gasteiger partial charge in [-0.2, -0.15) is 0 Å². The van der Waals surface area contributed by atoms with Crippen molar-refractivity contribution < 1.29 is 19.4 Å². The van der Waals surface area contributed by atoms with Crippen LogP contribution in [0.15, 0.2) is 30.3 Å². The summed E-state index contributed by atoms with van der Waals surface area (Å²) in [6.45, 7) is 4.26. The van der Waals surface area contributed by atoms with Crippen molar-refractivity contribution >= 4 is 17.6 Å². The summed E-state index contributed by atoms with van der Waals surface area (Å²) in [5.74, 6) is -0.827. The molecule has 0 aromatic heterocycles. The summed E-state index contributed by atoms with van der Waals surface area (Å²) < 4.78 is 5.40. The van der Waals surface area contributed by atoms with E-state index in [1.807, 2.05) is 31.2 Å². The average molecular weight is 439 g/mol. The van der Waals surface area contributed by atoms with Crippen molar-refractivity contribution in [3.8, 4) is 0 Å². The molecule has 3 aliphatic heterocycles. The second-order valence-corrected chi connectivity index (χ2v) is 9.92. The lowest BCUT2D eigenvalue weighted by Crippen LogP contribution is -2.57. The molecular formula is C26H34N2O4. The number of carboxylic acid groups (broad SMARTS) is 1. The Labute approximate surface area is 190 Å². The van der Waals surface area contributed by atoms with E-state index in [0.29, 0.717) is 18.2 Å². The maximum atomic E-state index is 12.7. The zero-order valence-corrected chi connectivity index (χ0v) is 19.0. The molecule has 3 heterocycles. The third-order valence-electron chi connectivity index (χ3n) is 8.29. The normalized spacial score (nSPS) is 29.2. The summed E-state index contributed by atoms with van der Waals surface area (Å²) in [5, 5.41) is 9.74. The Hall–Kier alpha value is -2.34. The number of likely N-dealkylation sites (tertiary alicyclic amines) is 1. The van der Waals surface area contributed by atoms with Crippen molar-refractivity contribution in [2.75, 3.05) is 19.7 Å². The van der Waals surface area contributed by atoms with E-state index in [4.69, 9.17) is 4.74 Å². The lowest BCUT2D eigenvalue weighted by atomic mass is 9.74. The molecule has 3 saturated heterocycles. The van der Waals surface area contributed by atoms with E-state index in [1.54, 1.807) is 0 Å². The smallest absolute Gasteiger partial charge is 0.410 e. The zero-order chi connectivity index (χ0) is 22.3. The number of ether oxygens (including phenoxy) is 1. The molecule has 32 heavy (non-hydrogen) atoms. The van der Waals surface area contributed by atoms with Gasteiger partial charge in [0.1, 0.15) is 0 Å². The van der Waals surface area contributed by atoms with Crippen molar-refractivity contribution in [3.05, 3.63) is 41.5 Å². The molecule has 172 valence electrons. The number of carboxylic acids is 1. The molecule has 4 aliphatic rings.